The number of carbonyl (C=O) groups excluding carboxylic acids is 1. The number of nitrogens with zero attached hydrogens (tertiary/aromatic N) is 1. The molecule has 0 bridgehead atoms. The van der Waals surface area contributed by atoms with Gasteiger partial charge in [0.25, 0.3) is 15.9 Å². The van der Waals surface area contributed by atoms with Gasteiger partial charge in [0.05, 0.1) is 10.6 Å². The van der Waals surface area contributed by atoms with Gasteiger partial charge in [0.15, 0.2) is 0 Å². The molecular formula is C25H28N2O3S. The van der Waals surface area contributed by atoms with Crippen LogP contribution in [0.1, 0.15) is 46.8 Å². The summed E-state index contributed by atoms with van der Waals surface area (Å²) >= 11 is 0. The maximum Gasteiger partial charge on any atom is 0.264 e. The summed E-state index contributed by atoms with van der Waals surface area (Å²) in [6.45, 7) is 7.96. The van der Waals surface area contributed by atoms with E-state index in [1.807, 2.05) is 38.1 Å². The maximum absolute atomic E-state index is 13.1. The zero-order valence-electron chi connectivity index (χ0n) is 18.5. The molecule has 1 N–H and O–H groups in total. The molecule has 3 aromatic carbocycles. The van der Waals surface area contributed by atoms with Gasteiger partial charge >= 0.3 is 0 Å². The molecule has 0 aliphatic carbocycles. The number of hydrogen-bond acceptors (Lipinski definition) is 3. The molecule has 5 nitrogen and oxygen atoms in total. The normalized spacial score (nSPS) is 11.4. The second kappa shape index (κ2) is 8.94. The lowest BCUT2D eigenvalue weighted by Gasteiger charge is -2.22. The van der Waals surface area contributed by atoms with Gasteiger partial charge in [0.1, 0.15) is 0 Å². The second-order valence-electron chi connectivity index (χ2n) is 8.02. The Morgan fingerprint density at radius 1 is 0.903 bits per heavy atom. The minimum Gasteiger partial charge on any atom is -0.322 e. The lowest BCUT2D eigenvalue weighted by Crippen LogP contribution is -2.27. The zero-order chi connectivity index (χ0) is 22.8. The van der Waals surface area contributed by atoms with E-state index in [9.17, 15) is 13.2 Å². The van der Waals surface area contributed by atoms with Gasteiger partial charge in [-0.2, -0.15) is 0 Å². The summed E-state index contributed by atoms with van der Waals surface area (Å²) in [6, 6.07) is 19.5. The summed E-state index contributed by atoms with van der Waals surface area (Å²) in [4.78, 5) is 13.0. The third-order valence-corrected chi connectivity index (χ3v) is 7.11. The van der Waals surface area contributed by atoms with Crippen LogP contribution in [0.25, 0.3) is 0 Å². The minimum atomic E-state index is -3.74. The van der Waals surface area contributed by atoms with Crippen LogP contribution >= 0.6 is 0 Å². The van der Waals surface area contributed by atoms with Crippen molar-refractivity contribution in [2.45, 2.75) is 38.5 Å². The van der Waals surface area contributed by atoms with Crippen LogP contribution < -0.4 is 9.62 Å². The highest BCUT2D eigenvalue weighted by Gasteiger charge is 2.23. The van der Waals surface area contributed by atoms with E-state index in [1.165, 1.54) is 16.9 Å². The van der Waals surface area contributed by atoms with E-state index in [0.29, 0.717) is 22.9 Å². The highest BCUT2D eigenvalue weighted by Crippen LogP contribution is 2.27. The largest absolute Gasteiger partial charge is 0.322 e. The van der Waals surface area contributed by atoms with Crippen molar-refractivity contribution >= 4 is 27.3 Å². The van der Waals surface area contributed by atoms with E-state index >= 15 is 0 Å². The smallest absolute Gasteiger partial charge is 0.264 e. The third-order valence-electron chi connectivity index (χ3n) is 5.33. The molecular weight excluding hydrogens is 408 g/mol. The minimum absolute atomic E-state index is 0.208. The Labute approximate surface area is 184 Å². The molecule has 3 rings (SSSR count). The Balaban J connectivity index is 1.86. The highest BCUT2D eigenvalue weighted by molar-refractivity contribution is 7.92. The molecule has 0 atom stereocenters. The third kappa shape index (κ3) is 4.97. The van der Waals surface area contributed by atoms with Crippen molar-refractivity contribution in [1.29, 1.82) is 0 Å². The van der Waals surface area contributed by atoms with Gasteiger partial charge in [-0.25, -0.2) is 8.42 Å². The summed E-state index contributed by atoms with van der Waals surface area (Å²) in [7, 11) is -2.24. The first kappa shape index (κ1) is 22.6. The summed E-state index contributed by atoms with van der Waals surface area (Å²) in [5.74, 6) is 0.120. The monoisotopic (exact) mass is 436 g/mol. The second-order valence-corrected chi connectivity index (χ2v) is 9.99. The zero-order valence-corrected chi connectivity index (χ0v) is 19.3. The molecule has 0 saturated heterocycles. The van der Waals surface area contributed by atoms with E-state index in [4.69, 9.17) is 0 Å². The van der Waals surface area contributed by atoms with E-state index in [-0.39, 0.29) is 10.8 Å². The van der Waals surface area contributed by atoms with Crippen LogP contribution in [0.15, 0.2) is 71.6 Å². The number of anilines is 2. The van der Waals surface area contributed by atoms with E-state index in [1.54, 1.807) is 42.5 Å². The van der Waals surface area contributed by atoms with Gasteiger partial charge in [-0.1, -0.05) is 49.7 Å². The van der Waals surface area contributed by atoms with Gasteiger partial charge in [-0.05, 0) is 67.3 Å². The Kier molecular flexibility index (Phi) is 6.51. The van der Waals surface area contributed by atoms with E-state index < -0.39 is 10.0 Å². The van der Waals surface area contributed by atoms with Gasteiger partial charge in [0.2, 0.25) is 0 Å². The van der Waals surface area contributed by atoms with Crippen LogP contribution in [-0.4, -0.2) is 21.4 Å². The molecule has 0 fully saturated rings. The predicted octanol–water partition coefficient (Wildman–Crippen LogP) is 5.50. The molecule has 0 unspecified atom stereocenters. The number of hydrogen-bond donors (Lipinski definition) is 1. The molecule has 0 aliphatic heterocycles. The van der Waals surface area contributed by atoms with Crippen LogP contribution in [0.4, 0.5) is 11.4 Å². The van der Waals surface area contributed by atoms with Crippen molar-refractivity contribution in [3.63, 3.8) is 0 Å². The van der Waals surface area contributed by atoms with E-state index in [0.717, 1.165) is 11.1 Å². The van der Waals surface area contributed by atoms with Gasteiger partial charge in [-0.3, -0.25) is 9.10 Å². The number of benzene rings is 3. The average Bonchev–Trinajstić information content (AvgIpc) is 2.74. The summed E-state index contributed by atoms with van der Waals surface area (Å²) in [5, 5.41) is 2.88. The predicted molar refractivity (Wildman–Crippen MR) is 126 cm³/mol. The fourth-order valence-electron chi connectivity index (χ4n) is 3.24. The number of carbonyl (C=O) groups is 1. The molecule has 1 amide bonds. The van der Waals surface area contributed by atoms with Crippen LogP contribution in [0, 0.1) is 13.8 Å². The lowest BCUT2D eigenvalue weighted by molar-refractivity contribution is 0.102. The van der Waals surface area contributed by atoms with Crippen molar-refractivity contribution in [2.75, 3.05) is 16.7 Å². The molecule has 3 aromatic rings. The lowest BCUT2D eigenvalue weighted by atomic mass is 10.0. The molecule has 31 heavy (non-hydrogen) atoms. The average molecular weight is 437 g/mol. The summed E-state index contributed by atoms with van der Waals surface area (Å²) in [5.41, 5.74) is 4.48. The van der Waals surface area contributed by atoms with Gasteiger partial charge in [-0.15, -0.1) is 0 Å². The molecule has 0 aromatic heterocycles. The van der Waals surface area contributed by atoms with Gasteiger partial charge < -0.3 is 5.32 Å². The Morgan fingerprint density at radius 2 is 1.52 bits per heavy atom. The van der Waals surface area contributed by atoms with Crippen LogP contribution in [0.5, 0.6) is 0 Å². The number of nitrogens with one attached hydrogen (secondary N) is 1. The summed E-state index contributed by atoms with van der Waals surface area (Å²) < 4.78 is 27.4. The van der Waals surface area contributed by atoms with Gasteiger partial charge in [0, 0.05) is 18.3 Å². The van der Waals surface area contributed by atoms with Crippen molar-refractivity contribution < 1.29 is 13.2 Å². The van der Waals surface area contributed by atoms with Crippen LogP contribution in [0.2, 0.25) is 0 Å². The van der Waals surface area contributed by atoms with Crippen molar-refractivity contribution in [2.24, 2.45) is 0 Å². The van der Waals surface area contributed by atoms with Crippen molar-refractivity contribution in [3.8, 4) is 0 Å². The van der Waals surface area contributed by atoms with Crippen molar-refractivity contribution in [3.05, 3.63) is 89.0 Å². The highest BCUT2D eigenvalue weighted by atomic mass is 32.2. The number of amides is 1. The Hall–Kier alpha value is -3.12. The van der Waals surface area contributed by atoms with E-state index in [2.05, 4.69) is 19.2 Å². The fourth-order valence-corrected chi connectivity index (χ4v) is 4.49. The first-order chi connectivity index (χ1) is 14.6. The first-order valence-electron chi connectivity index (χ1n) is 10.2. The topological polar surface area (TPSA) is 66.5 Å². The molecule has 0 spiro atoms. The number of rotatable bonds is 6. The molecule has 0 aliphatic rings. The molecule has 162 valence electrons. The van der Waals surface area contributed by atoms with Crippen LogP contribution in [-0.2, 0) is 10.0 Å². The maximum atomic E-state index is 13.1. The molecule has 0 radical (unpaired) electrons. The van der Waals surface area contributed by atoms with Crippen LogP contribution in [0.3, 0.4) is 0 Å². The molecule has 0 heterocycles. The number of sulfonamides is 1. The Bertz CT molecular complexity index is 1180. The summed E-state index contributed by atoms with van der Waals surface area (Å²) in [6.07, 6.45) is 0. The number of aryl methyl sites for hydroxylation is 2. The van der Waals surface area contributed by atoms with Crippen molar-refractivity contribution in [1.82, 2.24) is 0 Å². The standard InChI is InChI=1S/C25H28N2O3S/c1-17(2)20-10-12-22(13-11-20)26-25(28)21-9-8-19(4)24(16-21)27(5)31(29,30)23-14-6-18(3)7-15-23/h6-17H,1-5H3,(H,26,28). The molecule has 6 heteroatoms. The SMILES string of the molecule is Cc1ccc(S(=O)(=O)N(C)c2cc(C(=O)Nc3ccc(C(C)C)cc3)ccc2C)cc1. The quantitative estimate of drug-likeness (QED) is 0.554. The first-order valence-corrected chi connectivity index (χ1v) is 11.6. The Morgan fingerprint density at radius 3 is 2.10 bits per heavy atom. The fraction of sp³-hybridized carbons (Fsp3) is 0.240. The molecule has 0 saturated carbocycles.